The van der Waals surface area contributed by atoms with Gasteiger partial charge in [0, 0.05) is 13.1 Å². The van der Waals surface area contributed by atoms with E-state index in [-0.39, 0.29) is 0 Å². The second-order valence-electron chi connectivity index (χ2n) is 1.78. The largest absolute Gasteiger partial charge is 0.380 e. The van der Waals surface area contributed by atoms with Crippen LogP contribution < -0.4 is 5.32 Å². The molecule has 0 aromatic rings. The molecule has 0 aromatic carbocycles. The van der Waals surface area contributed by atoms with Gasteiger partial charge < -0.3 is 10.3 Å². The van der Waals surface area contributed by atoms with E-state index in [1.54, 1.807) is 0 Å². The molecule has 3 heteroatoms. The summed E-state index contributed by atoms with van der Waals surface area (Å²) in [6.45, 7) is 6.96. The molecule has 9 heavy (non-hydrogen) atoms. The van der Waals surface area contributed by atoms with Crippen LogP contribution in [0.4, 0.5) is 0 Å². The fourth-order valence-corrected chi connectivity index (χ4v) is 0.557. The van der Waals surface area contributed by atoms with Gasteiger partial charge in [-0.3, -0.25) is 0 Å². The Morgan fingerprint density at radius 3 is 2.89 bits per heavy atom. The van der Waals surface area contributed by atoms with E-state index in [1.165, 1.54) is 0 Å². The number of nitrogens with zero attached hydrogens (tertiary/aromatic N) is 1. The minimum atomic E-state index is 0.815. The lowest BCUT2D eigenvalue weighted by atomic mass is 10.4. The van der Waals surface area contributed by atoms with Gasteiger partial charge in [-0.1, -0.05) is 12.2 Å². The van der Waals surface area contributed by atoms with Crippen LogP contribution in [-0.2, 0) is 0 Å². The van der Waals surface area contributed by atoms with Crippen molar-refractivity contribution in [3.63, 3.8) is 0 Å². The van der Waals surface area contributed by atoms with Gasteiger partial charge in [0.15, 0.2) is 0 Å². The second-order valence-corrected chi connectivity index (χ2v) is 2.40. The van der Waals surface area contributed by atoms with Gasteiger partial charge in [-0.15, -0.1) is 0 Å². The maximum Gasteiger partial charge on any atom is 0.0721 e. The van der Waals surface area contributed by atoms with E-state index in [9.17, 15) is 0 Å². The zero-order valence-electron chi connectivity index (χ0n) is 5.68. The topological polar surface area (TPSA) is 24.4 Å². The molecule has 52 valence electrons. The summed E-state index contributed by atoms with van der Waals surface area (Å²) in [5.41, 5.74) is 0. The van der Waals surface area contributed by atoms with Crippen molar-refractivity contribution in [2.75, 3.05) is 13.1 Å². The highest BCUT2D eigenvalue weighted by atomic mass is 32.1. The van der Waals surface area contributed by atoms with Gasteiger partial charge in [0.2, 0.25) is 0 Å². The van der Waals surface area contributed by atoms with Crippen LogP contribution in [0.5, 0.6) is 0 Å². The van der Waals surface area contributed by atoms with E-state index in [0.29, 0.717) is 0 Å². The molecule has 0 atom stereocenters. The van der Waals surface area contributed by atoms with Crippen molar-refractivity contribution in [2.45, 2.75) is 13.3 Å². The first kappa shape index (κ1) is 8.56. The van der Waals surface area contributed by atoms with Crippen LogP contribution in [0.25, 0.3) is 0 Å². The van der Waals surface area contributed by atoms with Crippen LogP contribution in [0.1, 0.15) is 13.3 Å². The normalized spacial score (nSPS) is 8.56. The van der Waals surface area contributed by atoms with Crippen molar-refractivity contribution >= 4 is 23.9 Å². The standard InChI is InChI=1S/C6H12N2S/c1-6(9)8-5-3-4-7-2/h2-5H2,1H3,(H,8,9). The zero-order valence-corrected chi connectivity index (χ0v) is 6.50. The Morgan fingerprint density at radius 2 is 2.44 bits per heavy atom. The molecule has 0 amide bonds. The number of rotatable bonds is 4. The van der Waals surface area contributed by atoms with Gasteiger partial charge in [-0.25, -0.2) is 0 Å². The molecule has 1 N–H and O–H groups in total. The first-order valence-corrected chi connectivity index (χ1v) is 3.35. The fraction of sp³-hybridized carbons (Fsp3) is 0.667. The molecule has 0 aliphatic rings. The Labute approximate surface area is 61.4 Å². The molecule has 0 bridgehead atoms. The summed E-state index contributed by atoms with van der Waals surface area (Å²) in [5.74, 6) is 0. The Bertz CT molecular complexity index is 101. The monoisotopic (exact) mass is 144 g/mol. The van der Waals surface area contributed by atoms with E-state index in [4.69, 9.17) is 12.2 Å². The maximum absolute atomic E-state index is 4.79. The fourth-order valence-electron chi connectivity index (χ4n) is 0.455. The van der Waals surface area contributed by atoms with Crippen molar-refractivity contribution in [1.82, 2.24) is 5.32 Å². The van der Waals surface area contributed by atoms with Crippen molar-refractivity contribution in [3.8, 4) is 0 Å². The minimum Gasteiger partial charge on any atom is -0.380 e. The van der Waals surface area contributed by atoms with Crippen molar-refractivity contribution in [2.24, 2.45) is 4.99 Å². The summed E-state index contributed by atoms with van der Waals surface area (Å²) >= 11 is 4.79. The van der Waals surface area contributed by atoms with Crippen molar-refractivity contribution < 1.29 is 0 Å². The Balaban J connectivity index is 2.91. The summed E-state index contributed by atoms with van der Waals surface area (Å²) in [7, 11) is 0. The molecule has 0 radical (unpaired) electrons. The summed E-state index contributed by atoms with van der Waals surface area (Å²) in [6.07, 6.45) is 1.01. The minimum absolute atomic E-state index is 0.815. The lowest BCUT2D eigenvalue weighted by Gasteiger charge is -1.99. The third-order valence-electron chi connectivity index (χ3n) is 0.867. The summed E-state index contributed by atoms with van der Waals surface area (Å²) in [6, 6.07) is 0. The first-order chi connectivity index (χ1) is 4.27. The molecule has 0 heterocycles. The SMILES string of the molecule is C=NCCCNC(C)=S. The maximum atomic E-state index is 4.79. The molecule has 2 nitrogen and oxygen atoms in total. The van der Waals surface area contributed by atoms with E-state index >= 15 is 0 Å². The first-order valence-electron chi connectivity index (χ1n) is 2.94. The van der Waals surface area contributed by atoms with Gasteiger partial charge in [-0.05, 0) is 20.1 Å². The average Bonchev–Trinajstić information content (AvgIpc) is 1.80. The zero-order chi connectivity index (χ0) is 7.11. The number of aliphatic imine (C=N–C) groups is 1. The quantitative estimate of drug-likeness (QED) is 0.362. The van der Waals surface area contributed by atoms with Crippen LogP contribution in [0, 0.1) is 0 Å². The van der Waals surface area contributed by atoms with Crippen LogP contribution >= 0.6 is 12.2 Å². The van der Waals surface area contributed by atoms with Gasteiger partial charge in [0.25, 0.3) is 0 Å². The molecule has 0 unspecified atom stereocenters. The Morgan fingerprint density at radius 1 is 1.78 bits per heavy atom. The molecule has 0 saturated carbocycles. The smallest absolute Gasteiger partial charge is 0.0721 e. The lowest BCUT2D eigenvalue weighted by molar-refractivity contribution is 0.791. The van der Waals surface area contributed by atoms with Crippen molar-refractivity contribution in [1.29, 1.82) is 0 Å². The highest BCUT2D eigenvalue weighted by Gasteiger charge is 1.84. The van der Waals surface area contributed by atoms with Crippen LogP contribution in [-0.4, -0.2) is 24.8 Å². The highest BCUT2D eigenvalue weighted by molar-refractivity contribution is 7.80. The lowest BCUT2D eigenvalue weighted by Crippen LogP contribution is -2.19. The Hall–Kier alpha value is -0.440. The molecule has 0 spiro atoms. The van der Waals surface area contributed by atoms with Crippen LogP contribution in [0.15, 0.2) is 4.99 Å². The van der Waals surface area contributed by atoms with Gasteiger partial charge in [-0.2, -0.15) is 0 Å². The van der Waals surface area contributed by atoms with Gasteiger partial charge in [0.05, 0.1) is 4.99 Å². The summed E-state index contributed by atoms with van der Waals surface area (Å²) in [4.78, 5) is 4.55. The highest BCUT2D eigenvalue weighted by Crippen LogP contribution is 1.76. The molecule has 0 aromatic heterocycles. The second kappa shape index (κ2) is 5.69. The van der Waals surface area contributed by atoms with Gasteiger partial charge >= 0.3 is 0 Å². The molecule has 0 rings (SSSR count). The number of nitrogens with one attached hydrogen (secondary N) is 1. The number of hydrogen-bond acceptors (Lipinski definition) is 2. The van der Waals surface area contributed by atoms with Crippen molar-refractivity contribution in [3.05, 3.63) is 0 Å². The summed E-state index contributed by atoms with van der Waals surface area (Å²) < 4.78 is 0. The molecule has 0 aliphatic heterocycles. The van der Waals surface area contributed by atoms with E-state index in [2.05, 4.69) is 17.0 Å². The van der Waals surface area contributed by atoms with Crippen LogP contribution in [0.2, 0.25) is 0 Å². The molecular weight excluding hydrogens is 132 g/mol. The average molecular weight is 144 g/mol. The molecule has 0 fully saturated rings. The van der Waals surface area contributed by atoms with E-state index < -0.39 is 0 Å². The third kappa shape index (κ3) is 7.56. The van der Waals surface area contributed by atoms with E-state index in [0.717, 1.165) is 24.5 Å². The van der Waals surface area contributed by atoms with Gasteiger partial charge in [0.1, 0.15) is 0 Å². The van der Waals surface area contributed by atoms with Crippen LogP contribution in [0.3, 0.4) is 0 Å². The third-order valence-corrected chi connectivity index (χ3v) is 1.01. The Kier molecular flexibility index (Phi) is 5.41. The number of thiocarbonyl (C=S) groups is 1. The predicted molar refractivity (Wildman–Crippen MR) is 45.3 cm³/mol. The van der Waals surface area contributed by atoms with E-state index in [1.807, 2.05) is 6.92 Å². The molecule has 0 saturated heterocycles. The molecular formula is C6H12N2S. The predicted octanol–water partition coefficient (Wildman–Crippen LogP) is 1.01. The summed E-state index contributed by atoms with van der Waals surface area (Å²) in [5, 5.41) is 3.02. The number of hydrogen-bond donors (Lipinski definition) is 1. The molecule has 0 aliphatic carbocycles.